The van der Waals surface area contributed by atoms with Crippen LogP contribution in [-0.4, -0.2) is 9.97 Å². The second kappa shape index (κ2) is 8.17. The van der Waals surface area contributed by atoms with Crippen LogP contribution in [0.15, 0.2) is 68.0 Å². The molecule has 0 amide bonds. The molecule has 0 saturated heterocycles. The molecule has 0 aliphatic carbocycles. The first-order chi connectivity index (χ1) is 10.8. The third kappa shape index (κ3) is 4.31. The van der Waals surface area contributed by atoms with Crippen molar-refractivity contribution in [3.05, 3.63) is 79.3 Å². The minimum absolute atomic E-state index is 0.722. The van der Waals surface area contributed by atoms with Crippen molar-refractivity contribution in [3.8, 4) is 0 Å². The second-order valence-corrected chi connectivity index (χ2v) is 5.11. The van der Waals surface area contributed by atoms with Gasteiger partial charge in [0.1, 0.15) is 12.1 Å². The zero-order valence-electron chi connectivity index (χ0n) is 12.2. The molecule has 4 nitrogen and oxygen atoms in total. The van der Waals surface area contributed by atoms with Crippen LogP contribution >= 0.6 is 11.9 Å². The Balaban J connectivity index is 2.23. The monoisotopic (exact) mass is 310 g/mol. The van der Waals surface area contributed by atoms with Crippen LogP contribution in [0.3, 0.4) is 0 Å². The molecule has 0 unspecified atom stereocenters. The van der Waals surface area contributed by atoms with Gasteiger partial charge in [-0.2, -0.15) is 0 Å². The Kier molecular flexibility index (Phi) is 5.94. The van der Waals surface area contributed by atoms with E-state index in [0.29, 0.717) is 0 Å². The first kappa shape index (κ1) is 16.0. The van der Waals surface area contributed by atoms with Crippen LogP contribution in [0.2, 0.25) is 0 Å². The molecular formula is C17H18N4S. The highest BCUT2D eigenvalue weighted by Crippen LogP contribution is 2.20. The Bertz CT molecular complexity index is 695. The lowest BCUT2D eigenvalue weighted by Crippen LogP contribution is -1.97. The van der Waals surface area contributed by atoms with E-state index in [9.17, 15) is 0 Å². The number of nitrogens with one attached hydrogen (secondary N) is 1. The van der Waals surface area contributed by atoms with Crippen LogP contribution in [0.5, 0.6) is 0 Å². The van der Waals surface area contributed by atoms with Crippen molar-refractivity contribution in [2.45, 2.75) is 5.75 Å². The molecule has 0 fully saturated rings. The van der Waals surface area contributed by atoms with E-state index < -0.39 is 0 Å². The van der Waals surface area contributed by atoms with Gasteiger partial charge in [0, 0.05) is 17.5 Å². The number of nitrogens with two attached hydrogens (primary N) is 1. The van der Waals surface area contributed by atoms with Gasteiger partial charge in [-0.3, -0.25) is 5.14 Å². The van der Waals surface area contributed by atoms with E-state index in [1.165, 1.54) is 18.3 Å². The Morgan fingerprint density at radius 3 is 2.86 bits per heavy atom. The molecule has 0 saturated carbocycles. The van der Waals surface area contributed by atoms with Gasteiger partial charge in [0.25, 0.3) is 0 Å². The minimum Gasteiger partial charge on any atom is -0.340 e. The van der Waals surface area contributed by atoms with Crippen molar-refractivity contribution < 1.29 is 0 Å². The van der Waals surface area contributed by atoms with Crippen LogP contribution in [0, 0.1) is 0 Å². The summed E-state index contributed by atoms with van der Waals surface area (Å²) in [5.41, 5.74) is 3.81. The predicted molar refractivity (Wildman–Crippen MR) is 95.6 cm³/mol. The first-order valence-corrected chi connectivity index (χ1v) is 7.77. The van der Waals surface area contributed by atoms with Gasteiger partial charge in [-0.05, 0) is 23.3 Å². The zero-order chi connectivity index (χ0) is 15.8. The number of hydrogen-bond acceptors (Lipinski definition) is 5. The second-order valence-electron chi connectivity index (χ2n) is 4.49. The number of benzene rings is 1. The molecule has 0 aliphatic heterocycles. The summed E-state index contributed by atoms with van der Waals surface area (Å²) in [6.45, 7) is 7.49. The molecule has 112 valence electrons. The van der Waals surface area contributed by atoms with Crippen molar-refractivity contribution in [3.63, 3.8) is 0 Å². The summed E-state index contributed by atoms with van der Waals surface area (Å²) in [5.74, 6) is 1.49. The maximum Gasteiger partial charge on any atom is 0.134 e. The lowest BCUT2D eigenvalue weighted by molar-refractivity contribution is 1.14. The fourth-order valence-electron chi connectivity index (χ4n) is 1.95. The highest BCUT2D eigenvalue weighted by atomic mass is 32.2. The molecule has 0 aliphatic rings. The average Bonchev–Trinajstić information content (AvgIpc) is 2.53. The van der Waals surface area contributed by atoms with E-state index in [2.05, 4.69) is 34.5 Å². The van der Waals surface area contributed by atoms with E-state index in [1.807, 2.05) is 30.3 Å². The molecule has 1 aromatic carbocycles. The van der Waals surface area contributed by atoms with Crippen LogP contribution in [0.1, 0.15) is 11.3 Å². The van der Waals surface area contributed by atoms with Gasteiger partial charge >= 0.3 is 0 Å². The molecule has 2 rings (SSSR count). The summed E-state index contributed by atoms with van der Waals surface area (Å²) in [6, 6.07) is 9.94. The Morgan fingerprint density at radius 1 is 1.27 bits per heavy atom. The molecule has 3 N–H and O–H groups in total. The number of hydrogen-bond donors (Lipinski definition) is 2. The third-order valence-corrected chi connectivity index (χ3v) is 3.43. The molecule has 22 heavy (non-hydrogen) atoms. The van der Waals surface area contributed by atoms with Crippen LogP contribution in [0.4, 0.5) is 11.5 Å². The van der Waals surface area contributed by atoms with E-state index in [0.717, 1.165) is 34.1 Å². The van der Waals surface area contributed by atoms with Crippen LogP contribution in [-0.2, 0) is 5.75 Å². The predicted octanol–water partition coefficient (Wildman–Crippen LogP) is 4.08. The standard InChI is InChI=1S/C17H18N4S/c1-3-6-14(4-2)16-10-17(20-12-19-16)21-15-8-5-7-13(9-15)11-22-18/h3-10,12H,1-2,11,18H2,(H,19,20,21)/b14-6+. The van der Waals surface area contributed by atoms with E-state index >= 15 is 0 Å². The average molecular weight is 310 g/mol. The van der Waals surface area contributed by atoms with Gasteiger partial charge in [0.2, 0.25) is 0 Å². The van der Waals surface area contributed by atoms with Crippen molar-refractivity contribution in [2.75, 3.05) is 5.32 Å². The zero-order valence-corrected chi connectivity index (χ0v) is 13.0. The highest BCUT2D eigenvalue weighted by molar-refractivity contribution is 7.96. The van der Waals surface area contributed by atoms with Gasteiger partial charge in [0.05, 0.1) is 5.69 Å². The number of nitrogens with zero attached hydrogens (tertiary/aromatic N) is 2. The highest BCUT2D eigenvalue weighted by Gasteiger charge is 2.03. The van der Waals surface area contributed by atoms with Gasteiger partial charge in [-0.1, -0.05) is 55.5 Å². The smallest absolute Gasteiger partial charge is 0.134 e. The fraction of sp³-hybridized carbons (Fsp3) is 0.0588. The quantitative estimate of drug-likeness (QED) is 0.596. The topological polar surface area (TPSA) is 63.8 Å². The van der Waals surface area contributed by atoms with E-state index in [-0.39, 0.29) is 0 Å². The maximum absolute atomic E-state index is 5.51. The molecule has 1 aromatic heterocycles. The summed E-state index contributed by atoms with van der Waals surface area (Å²) in [6.07, 6.45) is 6.84. The Labute approximate surface area is 135 Å². The van der Waals surface area contributed by atoms with Crippen molar-refractivity contribution >= 4 is 29.0 Å². The minimum atomic E-state index is 0.722. The lowest BCUT2D eigenvalue weighted by atomic mass is 10.1. The fourth-order valence-corrected chi connectivity index (χ4v) is 2.32. The molecule has 0 atom stereocenters. The molecule has 0 radical (unpaired) electrons. The number of aromatic nitrogens is 2. The summed E-state index contributed by atoms with van der Waals surface area (Å²) < 4.78 is 0. The normalized spacial score (nSPS) is 11.0. The summed E-state index contributed by atoms with van der Waals surface area (Å²) in [7, 11) is 0. The van der Waals surface area contributed by atoms with E-state index in [4.69, 9.17) is 5.14 Å². The largest absolute Gasteiger partial charge is 0.340 e. The number of rotatable bonds is 7. The molecule has 1 heterocycles. The van der Waals surface area contributed by atoms with Crippen molar-refractivity contribution in [1.29, 1.82) is 0 Å². The molecule has 5 heteroatoms. The van der Waals surface area contributed by atoms with Crippen LogP contribution in [0.25, 0.3) is 5.57 Å². The number of allylic oxidation sites excluding steroid dienone is 4. The van der Waals surface area contributed by atoms with Crippen LogP contribution < -0.4 is 10.5 Å². The lowest BCUT2D eigenvalue weighted by Gasteiger charge is -2.08. The summed E-state index contributed by atoms with van der Waals surface area (Å²) >= 11 is 1.30. The molecule has 0 bridgehead atoms. The van der Waals surface area contributed by atoms with Gasteiger partial charge in [0.15, 0.2) is 0 Å². The summed E-state index contributed by atoms with van der Waals surface area (Å²) in [4.78, 5) is 8.51. The van der Waals surface area contributed by atoms with Crippen molar-refractivity contribution in [1.82, 2.24) is 9.97 Å². The first-order valence-electron chi connectivity index (χ1n) is 6.72. The maximum atomic E-state index is 5.51. The molecular weight excluding hydrogens is 292 g/mol. The number of anilines is 2. The Hall–Kier alpha value is -2.37. The summed E-state index contributed by atoms with van der Waals surface area (Å²) in [5, 5.41) is 8.79. The van der Waals surface area contributed by atoms with Gasteiger partial charge < -0.3 is 5.32 Å². The SMILES string of the molecule is C=C/C=C(\C=C)c1cc(Nc2cccc(CSN)c2)ncn1. The Morgan fingerprint density at radius 2 is 2.14 bits per heavy atom. The van der Waals surface area contributed by atoms with Gasteiger partial charge in [-0.25, -0.2) is 9.97 Å². The molecule has 2 aromatic rings. The van der Waals surface area contributed by atoms with Gasteiger partial charge in [-0.15, -0.1) is 0 Å². The third-order valence-electron chi connectivity index (χ3n) is 2.93. The molecule has 0 spiro atoms. The van der Waals surface area contributed by atoms with E-state index in [1.54, 1.807) is 12.2 Å². The van der Waals surface area contributed by atoms with Crippen molar-refractivity contribution in [2.24, 2.45) is 5.14 Å².